The molecule has 116 valence electrons. The van der Waals surface area contributed by atoms with Gasteiger partial charge in [-0.1, -0.05) is 29.3 Å². The lowest BCUT2D eigenvalue weighted by molar-refractivity contribution is 0.0593. The number of halogens is 2. The summed E-state index contributed by atoms with van der Waals surface area (Å²) in [6.07, 6.45) is 1.71. The first-order valence-corrected chi connectivity index (χ1v) is 7.45. The number of methoxy groups -OCH3 is 1. The van der Waals surface area contributed by atoms with Crippen LogP contribution in [0.4, 0.5) is 5.82 Å². The minimum atomic E-state index is -0.503. The highest BCUT2D eigenvalue weighted by molar-refractivity contribution is 6.35. The van der Waals surface area contributed by atoms with E-state index in [1.807, 2.05) is 12.1 Å². The van der Waals surface area contributed by atoms with Crippen molar-refractivity contribution in [3.63, 3.8) is 0 Å². The Balaban J connectivity index is 1.80. The van der Waals surface area contributed by atoms with Crippen LogP contribution in [0, 0.1) is 0 Å². The van der Waals surface area contributed by atoms with Crippen molar-refractivity contribution in [1.82, 2.24) is 10.2 Å². The minimum Gasteiger partial charge on any atom is -0.464 e. The molecule has 0 saturated carbocycles. The number of benzene rings is 1. The Morgan fingerprint density at radius 2 is 2.05 bits per heavy atom. The van der Waals surface area contributed by atoms with Gasteiger partial charge in [0.05, 0.1) is 7.11 Å². The van der Waals surface area contributed by atoms with E-state index in [4.69, 9.17) is 23.2 Å². The van der Waals surface area contributed by atoms with Crippen molar-refractivity contribution < 1.29 is 9.53 Å². The number of aromatic nitrogens is 2. The molecule has 1 heterocycles. The first-order chi connectivity index (χ1) is 10.6. The molecule has 0 atom stereocenters. The molecule has 7 heteroatoms. The summed E-state index contributed by atoms with van der Waals surface area (Å²) < 4.78 is 4.56. The Bertz CT molecular complexity index is 648. The van der Waals surface area contributed by atoms with E-state index in [-0.39, 0.29) is 5.69 Å². The highest BCUT2D eigenvalue weighted by Crippen LogP contribution is 2.22. The zero-order chi connectivity index (χ0) is 15.9. The molecule has 0 aliphatic carbocycles. The standard InChI is InChI=1S/C15H15Cl2N3O2/c1-22-15(21)13-6-7-14(20-19-13)18-8-2-3-10-4-5-11(16)9-12(10)17/h4-7,9H,2-3,8H2,1H3,(H,18,20). The van der Waals surface area contributed by atoms with Gasteiger partial charge in [0, 0.05) is 16.6 Å². The third-order valence-corrected chi connectivity index (χ3v) is 3.59. The normalized spacial score (nSPS) is 10.3. The first kappa shape index (κ1) is 16.5. The molecule has 0 unspecified atom stereocenters. The van der Waals surface area contributed by atoms with Crippen molar-refractivity contribution in [3.8, 4) is 0 Å². The van der Waals surface area contributed by atoms with Crippen molar-refractivity contribution >= 4 is 35.0 Å². The van der Waals surface area contributed by atoms with Gasteiger partial charge < -0.3 is 10.1 Å². The number of anilines is 1. The third kappa shape index (κ3) is 4.58. The monoisotopic (exact) mass is 339 g/mol. The molecular weight excluding hydrogens is 325 g/mol. The van der Waals surface area contributed by atoms with Crippen LogP contribution in [0.2, 0.25) is 10.0 Å². The fourth-order valence-electron chi connectivity index (χ4n) is 1.86. The maximum absolute atomic E-state index is 11.2. The molecule has 1 aromatic heterocycles. The van der Waals surface area contributed by atoms with Gasteiger partial charge in [-0.25, -0.2) is 4.79 Å². The maximum Gasteiger partial charge on any atom is 0.358 e. The average molecular weight is 340 g/mol. The van der Waals surface area contributed by atoms with E-state index in [2.05, 4.69) is 20.3 Å². The molecule has 2 rings (SSSR count). The van der Waals surface area contributed by atoms with Gasteiger partial charge in [0.25, 0.3) is 0 Å². The Kier molecular flexibility index (Phi) is 5.98. The summed E-state index contributed by atoms with van der Waals surface area (Å²) >= 11 is 12.0. The summed E-state index contributed by atoms with van der Waals surface area (Å²) in [4.78, 5) is 11.2. The summed E-state index contributed by atoms with van der Waals surface area (Å²) in [7, 11) is 1.30. The van der Waals surface area contributed by atoms with Crippen LogP contribution < -0.4 is 5.32 Å². The summed E-state index contributed by atoms with van der Waals surface area (Å²) in [5.41, 5.74) is 1.24. The summed E-state index contributed by atoms with van der Waals surface area (Å²) in [6, 6.07) is 8.75. The zero-order valence-corrected chi connectivity index (χ0v) is 13.5. The molecule has 22 heavy (non-hydrogen) atoms. The van der Waals surface area contributed by atoms with Crippen molar-refractivity contribution in [1.29, 1.82) is 0 Å². The van der Waals surface area contributed by atoms with Crippen LogP contribution in [0.15, 0.2) is 30.3 Å². The molecule has 0 aliphatic heterocycles. The summed E-state index contributed by atoms with van der Waals surface area (Å²) in [5, 5.41) is 12.1. The Morgan fingerprint density at radius 1 is 1.23 bits per heavy atom. The molecule has 0 amide bonds. The van der Waals surface area contributed by atoms with E-state index < -0.39 is 5.97 Å². The number of ether oxygens (including phenoxy) is 1. The molecule has 0 spiro atoms. The minimum absolute atomic E-state index is 0.181. The van der Waals surface area contributed by atoms with E-state index in [1.165, 1.54) is 7.11 Å². The average Bonchev–Trinajstić information content (AvgIpc) is 2.53. The van der Waals surface area contributed by atoms with Gasteiger partial charge in [-0.2, -0.15) is 0 Å². The molecule has 0 fully saturated rings. The zero-order valence-electron chi connectivity index (χ0n) is 12.0. The van der Waals surface area contributed by atoms with Gasteiger partial charge in [-0.3, -0.25) is 0 Å². The Labute approximate surface area is 138 Å². The van der Waals surface area contributed by atoms with Crippen LogP contribution >= 0.6 is 23.2 Å². The van der Waals surface area contributed by atoms with Gasteiger partial charge in [0.1, 0.15) is 5.82 Å². The molecule has 0 aliphatic rings. The number of nitrogens with zero attached hydrogens (tertiary/aromatic N) is 2. The van der Waals surface area contributed by atoms with Crippen LogP contribution in [0.25, 0.3) is 0 Å². The summed E-state index contributed by atoms with van der Waals surface area (Å²) in [5.74, 6) is 0.103. The van der Waals surface area contributed by atoms with Crippen LogP contribution in [-0.2, 0) is 11.2 Å². The number of carbonyl (C=O) groups is 1. The number of esters is 1. The number of carbonyl (C=O) groups excluding carboxylic acids is 1. The lowest BCUT2D eigenvalue weighted by Gasteiger charge is -2.07. The number of aryl methyl sites for hydroxylation is 1. The van der Waals surface area contributed by atoms with Crippen molar-refractivity contribution in [2.24, 2.45) is 0 Å². The second kappa shape index (κ2) is 7.96. The fraction of sp³-hybridized carbons (Fsp3) is 0.267. The first-order valence-electron chi connectivity index (χ1n) is 6.70. The quantitative estimate of drug-likeness (QED) is 0.643. The molecule has 0 bridgehead atoms. The van der Waals surface area contributed by atoms with Crippen LogP contribution in [0.3, 0.4) is 0 Å². The highest BCUT2D eigenvalue weighted by atomic mass is 35.5. The number of hydrogen-bond acceptors (Lipinski definition) is 5. The smallest absolute Gasteiger partial charge is 0.358 e. The molecule has 1 N–H and O–H groups in total. The SMILES string of the molecule is COC(=O)c1ccc(NCCCc2ccc(Cl)cc2Cl)nn1. The molecule has 5 nitrogen and oxygen atoms in total. The van der Waals surface area contributed by atoms with Gasteiger partial charge in [-0.05, 0) is 42.7 Å². The van der Waals surface area contributed by atoms with Gasteiger partial charge in [0.2, 0.25) is 0 Å². The predicted molar refractivity (Wildman–Crippen MR) is 86.6 cm³/mol. The largest absolute Gasteiger partial charge is 0.464 e. The van der Waals surface area contributed by atoms with Crippen LogP contribution in [0.5, 0.6) is 0 Å². The van der Waals surface area contributed by atoms with Crippen molar-refractivity contribution in [2.75, 3.05) is 19.0 Å². The second-order valence-corrected chi connectivity index (χ2v) is 5.41. The highest BCUT2D eigenvalue weighted by Gasteiger charge is 2.07. The Morgan fingerprint density at radius 3 is 2.68 bits per heavy atom. The molecular formula is C15H15Cl2N3O2. The number of rotatable bonds is 6. The second-order valence-electron chi connectivity index (χ2n) is 4.56. The molecule has 0 radical (unpaired) electrons. The number of hydrogen-bond donors (Lipinski definition) is 1. The van der Waals surface area contributed by atoms with E-state index >= 15 is 0 Å². The predicted octanol–water partition coefficient (Wildman–Crippen LogP) is 3.61. The van der Waals surface area contributed by atoms with Crippen molar-refractivity contribution in [2.45, 2.75) is 12.8 Å². The molecule has 0 saturated heterocycles. The lowest BCUT2D eigenvalue weighted by atomic mass is 10.1. The van der Waals surface area contributed by atoms with Gasteiger partial charge >= 0.3 is 5.97 Å². The number of nitrogens with one attached hydrogen (secondary N) is 1. The fourth-order valence-corrected chi connectivity index (χ4v) is 2.36. The third-order valence-electron chi connectivity index (χ3n) is 3.00. The van der Waals surface area contributed by atoms with E-state index in [0.717, 1.165) is 18.4 Å². The summed E-state index contributed by atoms with van der Waals surface area (Å²) in [6.45, 7) is 0.713. The topological polar surface area (TPSA) is 64.1 Å². The molecule has 2 aromatic rings. The van der Waals surface area contributed by atoms with E-state index in [9.17, 15) is 4.79 Å². The van der Waals surface area contributed by atoms with Crippen LogP contribution in [-0.4, -0.2) is 29.8 Å². The van der Waals surface area contributed by atoms with E-state index in [0.29, 0.717) is 22.4 Å². The van der Waals surface area contributed by atoms with E-state index in [1.54, 1.807) is 18.2 Å². The van der Waals surface area contributed by atoms with Crippen molar-refractivity contribution in [3.05, 3.63) is 51.6 Å². The Hall–Kier alpha value is -1.85. The van der Waals surface area contributed by atoms with Gasteiger partial charge in [0.15, 0.2) is 5.69 Å². The maximum atomic E-state index is 11.2. The molecule has 1 aromatic carbocycles. The lowest BCUT2D eigenvalue weighted by Crippen LogP contribution is -2.09. The van der Waals surface area contributed by atoms with Gasteiger partial charge in [-0.15, -0.1) is 10.2 Å². The van der Waals surface area contributed by atoms with Crippen LogP contribution in [0.1, 0.15) is 22.5 Å².